The van der Waals surface area contributed by atoms with Gasteiger partial charge >= 0.3 is 0 Å². The molecule has 0 aliphatic carbocycles. The van der Waals surface area contributed by atoms with Crippen LogP contribution < -0.4 is 15.8 Å². The van der Waals surface area contributed by atoms with Crippen molar-refractivity contribution in [2.24, 2.45) is 5.73 Å². The minimum absolute atomic E-state index is 0.442. The summed E-state index contributed by atoms with van der Waals surface area (Å²) in [6.45, 7) is 1.47. The number of hydrogen-bond acceptors (Lipinski definition) is 3. The Labute approximate surface area is 82.1 Å². The van der Waals surface area contributed by atoms with Gasteiger partial charge in [0.05, 0.1) is 17.9 Å². The number of hydrogen-bond donors (Lipinski definition) is 2. The highest BCUT2D eigenvalue weighted by molar-refractivity contribution is 5.97. The third-order valence-corrected chi connectivity index (χ3v) is 2.16. The first-order chi connectivity index (χ1) is 6.79. The Morgan fingerprint density at radius 1 is 1.50 bits per heavy atom. The van der Waals surface area contributed by atoms with E-state index in [9.17, 15) is 4.79 Å². The number of ether oxygens (including phenoxy) is 1. The second-order valence-corrected chi connectivity index (χ2v) is 3.18. The zero-order valence-corrected chi connectivity index (χ0v) is 7.75. The molecule has 0 atom stereocenters. The van der Waals surface area contributed by atoms with Crippen LogP contribution in [0, 0.1) is 0 Å². The lowest BCUT2D eigenvalue weighted by Gasteiger charge is -2.10. The zero-order valence-electron chi connectivity index (χ0n) is 7.75. The Hall–Kier alpha value is -1.71. The molecule has 1 aliphatic heterocycles. The molecular formula is C10H12N2O2. The SMILES string of the molecule is NC(=O)c1cccc2c1OCCCN2. The standard InChI is InChI=1S/C10H12N2O2/c11-10(13)7-3-1-4-8-9(7)14-6-2-5-12-8/h1,3-4,12H,2,5-6H2,(H2,11,13). The number of nitrogens with one attached hydrogen (secondary N) is 1. The number of carbonyl (C=O) groups excluding carboxylic acids is 1. The van der Waals surface area contributed by atoms with Gasteiger partial charge in [0.2, 0.25) is 0 Å². The molecule has 0 fully saturated rings. The molecule has 1 amide bonds. The van der Waals surface area contributed by atoms with Crippen LogP contribution >= 0.6 is 0 Å². The number of primary amides is 1. The third-order valence-electron chi connectivity index (χ3n) is 2.16. The fraction of sp³-hybridized carbons (Fsp3) is 0.300. The fourth-order valence-electron chi connectivity index (χ4n) is 1.50. The van der Waals surface area contributed by atoms with Crippen molar-refractivity contribution in [2.45, 2.75) is 6.42 Å². The van der Waals surface area contributed by atoms with Gasteiger partial charge in [0.1, 0.15) is 0 Å². The van der Waals surface area contributed by atoms with Gasteiger partial charge in [-0.1, -0.05) is 6.07 Å². The van der Waals surface area contributed by atoms with E-state index in [-0.39, 0.29) is 0 Å². The number of benzene rings is 1. The first-order valence-electron chi connectivity index (χ1n) is 4.58. The highest BCUT2D eigenvalue weighted by Gasteiger charge is 2.15. The van der Waals surface area contributed by atoms with Gasteiger partial charge in [-0.15, -0.1) is 0 Å². The summed E-state index contributed by atoms with van der Waals surface area (Å²) in [6.07, 6.45) is 0.923. The molecule has 0 saturated carbocycles. The molecular weight excluding hydrogens is 180 g/mol. The second-order valence-electron chi connectivity index (χ2n) is 3.18. The fourth-order valence-corrected chi connectivity index (χ4v) is 1.50. The van der Waals surface area contributed by atoms with E-state index in [4.69, 9.17) is 10.5 Å². The van der Waals surface area contributed by atoms with E-state index in [2.05, 4.69) is 5.32 Å². The minimum Gasteiger partial charge on any atom is -0.491 e. The van der Waals surface area contributed by atoms with Crippen LogP contribution in [0.1, 0.15) is 16.8 Å². The Morgan fingerprint density at radius 2 is 2.36 bits per heavy atom. The summed E-state index contributed by atoms with van der Waals surface area (Å²) in [7, 11) is 0. The molecule has 4 nitrogen and oxygen atoms in total. The highest BCUT2D eigenvalue weighted by atomic mass is 16.5. The van der Waals surface area contributed by atoms with E-state index in [0.717, 1.165) is 18.7 Å². The quantitative estimate of drug-likeness (QED) is 0.697. The molecule has 1 aliphatic rings. The first kappa shape index (κ1) is 8.87. The molecule has 0 radical (unpaired) electrons. The molecule has 2 rings (SSSR count). The summed E-state index contributed by atoms with van der Waals surface area (Å²) in [6, 6.07) is 5.35. The highest BCUT2D eigenvalue weighted by Crippen LogP contribution is 2.30. The van der Waals surface area contributed by atoms with Crippen LogP contribution in [0.3, 0.4) is 0 Å². The number of para-hydroxylation sites is 1. The van der Waals surface area contributed by atoms with Gasteiger partial charge in [0.15, 0.2) is 5.75 Å². The lowest BCUT2D eigenvalue weighted by atomic mass is 10.1. The van der Waals surface area contributed by atoms with Crippen molar-refractivity contribution in [3.63, 3.8) is 0 Å². The molecule has 0 aromatic heterocycles. The zero-order chi connectivity index (χ0) is 9.97. The van der Waals surface area contributed by atoms with E-state index >= 15 is 0 Å². The van der Waals surface area contributed by atoms with Crippen molar-refractivity contribution in [2.75, 3.05) is 18.5 Å². The van der Waals surface area contributed by atoms with Crippen LogP contribution in [0.15, 0.2) is 18.2 Å². The molecule has 0 unspecified atom stereocenters. The predicted molar refractivity (Wildman–Crippen MR) is 53.6 cm³/mol. The smallest absolute Gasteiger partial charge is 0.252 e. The molecule has 1 heterocycles. The lowest BCUT2D eigenvalue weighted by molar-refractivity contribution is 0.0996. The van der Waals surface area contributed by atoms with E-state index in [1.54, 1.807) is 12.1 Å². The van der Waals surface area contributed by atoms with Gasteiger partial charge in [0.25, 0.3) is 5.91 Å². The molecule has 3 N–H and O–H groups in total. The Kier molecular flexibility index (Phi) is 2.26. The predicted octanol–water partition coefficient (Wildman–Crippen LogP) is 0.980. The van der Waals surface area contributed by atoms with Crippen LogP contribution in [0.5, 0.6) is 5.75 Å². The van der Waals surface area contributed by atoms with Gasteiger partial charge in [-0.2, -0.15) is 0 Å². The lowest BCUT2D eigenvalue weighted by Crippen LogP contribution is -2.13. The van der Waals surface area contributed by atoms with Gasteiger partial charge < -0.3 is 15.8 Å². The summed E-state index contributed by atoms with van der Waals surface area (Å²) < 4.78 is 5.48. The molecule has 0 bridgehead atoms. The van der Waals surface area contributed by atoms with Gasteiger partial charge in [-0.3, -0.25) is 4.79 Å². The maximum absolute atomic E-state index is 11.1. The number of carbonyl (C=O) groups is 1. The van der Waals surface area contributed by atoms with Crippen LogP contribution in [0.2, 0.25) is 0 Å². The van der Waals surface area contributed by atoms with Crippen LogP contribution in [0.25, 0.3) is 0 Å². The Balaban J connectivity index is 2.47. The van der Waals surface area contributed by atoms with E-state index < -0.39 is 5.91 Å². The number of nitrogens with two attached hydrogens (primary N) is 1. The molecule has 74 valence electrons. The van der Waals surface area contributed by atoms with Crippen molar-refractivity contribution >= 4 is 11.6 Å². The maximum atomic E-state index is 11.1. The van der Waals surface area contributed by atoms with Gasteiger partial charge in [0, 0.05) is 6.54 Å². The van der Waals surface area contributed by atoms with Crippen molar-refractivity contribution in [3.05, 3.63) is 23.8 Å². The third kappa shape index (κ3) is 1.51. The average molecular weight is 192 g/mol. The second kappa shape index (κ2) is 3.57. The van der Waals surface area contributed by atoms with Gasteiger partial charge in [-0.05, 0) is 18.6 Å². The van der Waals surface area contributed by atoms with Crippen molar-refractivity contribution in [3.8, 4) is 5.75 Å². The topological polar surface area (TPSA) is 64.4 Å². The minimum atomic E-state index is -0.453. The Morgan fingerprint density at radius 3 is 3.14 bits per heavy atom. The van der Waals surface area contributed by atoms with Crippen molar-refractivity contribution in [1.82, 2.24) is 0 Å². The summed E-state index contributed by atoms with van der Waals surface area (Å²) in [5.41, 5.74) is 6.53. The van der Waals surface area contributed by atoms with Gasteiger partial charge in [-0.25, -0.2) is 0 Å². The van der Waals surface area contributed by atoms with E-state index in [1.807, 2.05) is 6.07 Å². The first-order valence-corrected chi connectivity index (χ1v) is 4.58. The van der Waals surface area contributed by atoms with Crippen molar-refractivity contribution < 1.29 is 9.53 Å². The number of amides is 1. The molecule has 0 spiro atoms. The average Bonchev–Trinajstić information content (AvgIpc) is 2.41. The monoisotopic (exact) mass is 192 g/mol. The van der Waals surface area contributed by atoms with E-state index in [0.29, 0.717) is 17.9 Å². The summed E-state index contributed by atoms with van der Waals surface area (Å²) >= 11 is 0. The Bertz CT molecular complexity index is 363. The van der Waals surface area contributed by atoms with Crippen LogP contribution in [-0.4, -0.2) is 19.1 Å². The molecule has 1 aromatic rings. The summed E-state index contributed by atoms with van der Waals surface area (Å²) in [5, 5.41) is 3.19. The molecule has 0 saturated heterocycles. The summed E-state index contributed by atoms with van der Waals surface area (Å²) in [4.78, 5) is 11.1. The maximum Gasteiger partial charge on any atom is 0.252 e. The molecule has 1 aromatic carbocycles. The van der Waals surface area contributed by atoms with E-state index in [1.165, 1.54) is 0 Å². The normalized spacial score (nSPS) is 14.6. The largest absolute Gasteiger partial charge is 0.491 e. The number of anilines is 1. The molecule has 14 heavy (non-hydrogen) atoms. The van der Waals surface area contributed by atoms with Crippen LogP contribution in [-0.2, 0) is 0 Å². The summed E-state index contributed by atoms with van der Waals surface area (Å²) in [5.74, 6) is 0.128. The van der Waals surface area contributed by atoms with Crippen molar-refractivity contribution in [1.29, 1.82) is 0 Å². The van der Waals surface area contributed by atoms with Crippen LogP contribution in [0.4, 0.5) is 5.69 Å². The number of rotatable bonds is 1. The molecule has 4 heteroatoms. The number of fused-ring (bicyclic) bond motifs is 1.